The van der Waals surface area contributed by atoms with Gasteiger partial charge in [0.25, 0.3) is 5.56 Å². The fourth-order valence-corrected chi connectivity index (χ4v) is 5.48. The molecule has 0 radical (unpaired) electrons. The van der Waals surface area contributed by atoms with Crippen LogP contribution in [0.15, 0.2) is 21.9 Å². The lowest BCUT2D eigenvalue weighted by molar-refractivity contribution is -0.265. The van der Waals surface area contributed by atoms with Crippen molar-refractivity contribution in [3.8, 4) is 0 Å². The van der Waals surface area contributed by atoms with Gasteiger partial charge < -0.3 is 44.8 Å². The number of H-pyrrole nitrogens is 1. The van der Waals surface area contributed by atoms with Crippen LogP contribution < -0.4 is 11.2 Å². The van der Waals surface area contributed by atoms with Gasteiger partial charge in [-0.3, -0.25) is 23.4 Å². The molecule has 1 aromatic heterocycles. The molecule has 2 unspecified atom stereocenters. The van der Waals surface area contributed by atoms with E-state index in [1.54, 1.807) is 0 Å². The first-order chi connectivity index (χ1) is 16.7. The Bertz CT molecular complexity index is 1130. The Kier molecular flexibility index (Phi) is 9.02. The normalized spacial score (nSPS) is 38.4. The molecule has 0 spiro atoms. The predicted octanol–water partition coefficient (Wildman–Crippen LogP) is -3.82. The van der Waals surface area contributed by atoms with E-state index in [2.05, 4.69) is 13.4 Å². The topological polar surface area (TPSA) is 277 Å². The van der Waals surface area contributed by atoms with Crippen LogP contribution in [0.5, 0.6) is 0 Å². The van der Waals surface area contributed by atoms with Crippen LogP contribution in [-0.2, 0) is 32.0 Å². The highest BCUT2D eigenvalue weighted by molar-refractivity contribution is 7.61. The van der Waals surface area contributed by atoms with E-state index in [4.69, 9.17) is 14.6 Å². The van der Waals surface area contributed by atoms with Gasteiger partial charge in [-0.2, -0.15) is 4.31 Å². The zero-order chi connectivity index (χ0) is 27.0. The first kappa shape index (κ1) is 29.2. The second-order valence-electron chi connectivity index (χ2n) is 7.63. The number of nitrogens with zero attached hydrogens (tertiary/aromatic N) is 1. The summed E-state index contributed by atoms with van der Waals surface area (Å²) in [6.07, 6.45) is -16.6. The van der Waals surface area contributed by atoms with E-state index in [9.17, 15) is 53.3 Å². The van der Waals surface area contributed by atoms with Crippen LogP contribution in [0.1, 0.15) is 6.23 Å². The molecule has 3 heterocycles. The fraction of sp³-hybridized carbons (Fsp3) is 0.733. The molecule has 0 aromatic carbocycles. The summed E-state index contributed by atoms with van der Waals surface area (Å²) in [6.45, 7) is -2.01. The molecule has 18 nitrogen and oxygen atoms in total. The van der Waals surface area contributed by atoms with Crippen molar-refractivity contribution in [1.29, 1.82) is 0 Å². The summed E-state index contributed by atoms with van der Waals surface area (Å²) in [5.41, 5.74) is -1.76. The van der Waals surface area contributed by atoms with E-state index in [0.29, 0.717) is 4.57 Å². The summed E-state index contributed by atoms with van der Waals surface area (Å²) in [4.78, 5) is 44.4. The quantitative estimate of drug-likeness (QED) is 0.133. The van der Waals surface area contributed by atoms with E-state index in [0.717, 1.165) is 12.3 Å². The minimum Gasteiger partial charge on any atom is -0.394 e. The largest absolute Gasteiger partial charge is 0.483 e. The Balaban J connectivity index is 1.61. The SMILES string of the molecule is O=c1ccn([C@@H]2O[C@H](COP(=O)(O)OP(=O)(O)O[C@H]3O[C@H](CO)[C@@H](O)[C@H](O)[C@H]3[18F])[C@@H](O)[C@H]2O)c(=O)[nH]1. The monoisotopic (exact) mass is 567 g/mol. The lowest BCUT2D eigenvalue weighted by atomic mass is 10.0. The van der Waals surface area contributed by atoms with Gasteiger partial charge in [-0.05, 0) is 0 Å². The minimum absolute atomic E-state index is 0.711. The molecule has 206 valence electrons. The van der Waals surface area contributed by atoms with E-state index >= 15 is 0 Å². The van der Waals surface area contributed by atoms with Gasteiger partial charge in [0.2, 0.25) is 6.29 Å². The highest BCUT2D eigenvalue weighted by Crippen LogP contribution is 2.61. The maximum atomic E-state index is 14.1. The predicted molar refractivity (Wildman–Crippen MR) is 108 cm³/mol. The number of phosphoric acid groups is 2. The van der Waals surface area contributed by atoms with Crippen molar-refractivity contribution >= 4 is 15.6 Å². The van der Waals surface area contributed by atoms with Gasteiger partial charge in [-0.1, -0.05) is 0 Å². The molecule has 2 aliphatic rings. The molecule has 36 heavy (non-hydrogen) atoms. The smallest absolute Gasteiger partial charge is 0.394 e. The van der Waals surface area contributed by atoms with Gasteiger partial charge in [0.1, 0.15) is 36.6 Å². The number of hydrogen-bond acceptors (Lipinski definition) is 14. The van der Waals surface area contributed by atoms with Crippen LogP contribution in [0, 0.1) is 0 Å². The third kappa shape index (κ3) is 6.53. The van der Waals surface area contributed by atoms with Crippen molar-refractivity contribution in [2.24, 2.45) is 0 Å². The van der Waals surface area contributed by atoms with Crippen molar-refractivity contribution in [3.05, 3.63) is 33.1 Å². The standard InChI is InChI=1S/C15H23FN2O16P2/c16-8-11(23)9(21)5(3-19)32-14(8)33-36(28,29)34-35(26,27)30-4-6-10(22)12(24)13(31-6)18-2-1-7(20)17-15(18)25/h1-2,5-6,8-14,19,21-24H,3-4H2,(H,26,27)(H,28,29)(H,17,20,25)/t5-,6-,8-,9-,10-,11-,12-,13-,14-/m1/s1/i16-1. The Labute approximate surface area is 199 Å². The molecule has 8 N–H and O–H groups in total. The third-order valence-electron chi connectivity index (χ3n) is 5.11. The zero-order valence-electron chi connectivity index (χ0n) is 17.8. The number of hydrogen-bond donors (Lipinski definition) is 8. The van der Waals surface area contributed by atoms with Crippen molar-refractivity contribution < 1.29 is 71.7 Å². The third-order valence-corrected chi connectivity index (χ3v) is 7.71. The number of phosphoric ester groups is 2. The molecule has 0 aliphatic carbocycles. The van der Waals surface area contributed by atoms with E-state index < -0.39 is 95.4 Å². The van der Waals surface area contributed by atoms with E-state index in [1.165, 1.54) is 0 Å². The number of halogens is 1. The summed E-state index contributed by atoms with van der Waals surface area (Å²) in [5.74, 6) is 0. The van der Waals surface area contributed by atoms with Crippen LogP contribution in [-0.4, -0.2) is 107 Å². The van der Waals surface area contributed by atoms with Gasteiger partial charge in [0, 0.05) is 12.3 Å². The number of aromatic nitrogens is 2. The maximum Gasteiger partial charge on any atom is 0.483 e. The van der Waals surface area contributed by atoms with Gasteiger partial charge in [0.05, 0.1) is 13.2 Å². The number of aliphatic hydroxyl groups is 5. The van der Waals surface area contributed by atoms with Gasteiger partial charge >= 0.3 is 21.3 Å². The number of aromatic amines is 1. The number of aliphatic hydroxyl groups excluding tert-OH is 5. The summed E-state index contributed by atoms with van der Waals surface area (Å²) in [5, 5.41) is 48.5. The van der Waals surface area contributed by atoms with Crippen LogP contribution in [0.3, 0.4) is 0 Å². The molecule has 11 atom stereocenters. The molecule has 3 rings (SSSR count). The summed E-state index contributed by atoms with van der Waals surface area (Å²) < 4.78 is 61.7. The number of alkyl halides is 1. The molecule has 0 saturated carbocycles. The van der Waals surface area contributed by atoms with Crippen LogP contribution >= 0.6 is 15.6 Å². The highest BCUT2D eigenvalue weighted by atomic mass is 31.3. The van der Waals surface area contributed by atoms with E-state index in [-0.39, 0.29) is 0 Å². The molecule has 1 aromatic rings. The van der Waals surface area contributed by atoms with Crippen molar-refractivity contribution in [3.63, 3.8) is 0 Å². The average Bonchev–Trinajstić information content (AvgIpc) is 3.06. The summed E-state index contributed by atoms with van der Waals surface area (Å²) in [7, 11) is -11.2. The number of ether oxygens (including phenoxy) is 2. The minimum atomic E-state index is -5.67. The van der Waals surface area contributed by atoms with Crippen LogP contribution in [0.4, 0.5) is 4.39 Å². The highest BCUT2D eigenvalue weighted by Gasteiger charge is 2.50. The van der Waals surface area contributed by atoms with Crippen molar-refractivity contribution in [2.45, 2.75) is 55.3 Å². The second-order valence-corrected chi connectivity index (χ2v) is 10.6. The molecular formula is C15H23FN2O16P2. The molecule has 2 fully saturated rings. The van der Waals surface area contributed by atoms with Crippen LogP contribution in [0.25, 0.3) is 0 Å². The Morgan fingerprint density at radius 1 is 1.00 bits per heavy atom. The second kappa shape index (κ2) is 11.1. The Morgan fingerprint density at radius 3 is 2.25 bits per heavy atom. The Hall–Kier alpha value is -1.41. The number of rotatable bonds is 9. The maximum absolute atomic E-state index is 14.1. The van der Waals surface area contributed by atoms with Crippen molar-refractivity contribution in [1.82, 2.24) is 9.55 Å². The fourth-order valence-electron chi connectivity index (χ4n) is 3.33. The van der Waals surface area contributed by atoms with Gasteiger partial charge in [-0.25, -0.2) is 18.3 Å². The Morgan fingerprint density at radius 2 is 1.64 bits per heavy atom. The van der Waals surface area contributed by atoms with Gasteiger partial charge in [-0.15, -0.1) is 0 Å². The first-order valence-corrected chi connectivity index (χ1v) is 12.9. The average molecular weight is 567 g/mol. The summed E-state index contributed by atoms with van der Waals surface area (Å²) in [6, 6.07) is 0.919. The number of nitrogens with one attached hydrogen (secondary N) is 1. The lowest BCUT2D eigenvalue weighted by Gasteiger charge is -2.38. The van der Waals surface area contributed by atoms with E-state index in [1.807, 2.05) is 4.98 Å². The molecule has 0 amide bonds. The molecule has 21 heteroatoms. The van der Waals surface area contributed by atoms with Crippen molar-refractivity contribution in [2.75, 3.05) is 13.2 Å². The lowest BCUT2D eigenvalue weighted by Crippen LogP contribution is -2.57. The molecule has 0 bridgehead atoms. The van der Waals surface area contributed by atoms with Gasteiger partial charge in [0.15, 0.2) is 12.4 Å². The van der Waals surface area contributed by atoms with Crippen LogP contribution in [0.2, 0.25) is 0 Å². The molecular weight excluding hydrogens is 544 g/mol. The zero-order valence-corrected chi connectivity index (χ0v) is 19.6. The molecule has 2 saturated heterocycles. The molecule has 2 aliphatic heterocycles. The summed E-state index contributed by atoms with van der Waals surface area (Å²) >= 11 is 0. The first-order valence-electron chi connectivity index (χ1n) is 9.95.